The number of phenolic OH excluding ortho intramolecular Hbond substituents is 1. The topological polar surface area (TPSA) is 162 Å². The molecular formula is C58H74N8O7. The van der Waals surface area contributed by atoms with Gasteiger partial charge < -0.3 is 34.3 Å². The van der Waals surface area contributed by atoms with Crippen LogP contribution < -0.4 is 15.6 Å². The molecule has 2 aromatic heterocycles. The second kappa shape index (κ2) is 21.9. The van der Waals surface area contributed by atoms with E-state index >= 15 is 0 Å². The van der Waals surface area contributed by atoms with Crippen LogP contribution in [0.5, 0.6) is 5.75 Å². The molecule has 3 atom stereocenters. The van der Waals surface area contributed by atoms with E-state index in [1.54, 1.807) is 19.2 Å². The van der Waals surface area contributed by atoms with Crippen molar-refractivity contribution < 1.29 is 33.8 Å². The average Bonchev–Trinajstić information content (AvgIpc) is 4.02. The predicted molar refractivity (Wildman–Crippen MR) is 284 cm³/mol. The zero-order valence-corrected chi connectivity index (χ0v) is 43.8. The third-order valence-electron chi connectivity index (χ3n) is 15.4. The smallest absolute Gasteiger partial charge is 0.410 e. The van der Waals surface area contributed by atoms with E-state index in [0.717, 1.165) is 108 Å². The number of carbonyl (C=O) groups is 4. The number of esters is 1. The molecule has 15 heteroatoms. The molecule has 388 valence electrons. The zero-order chi connectivity index (χ0) is 51.6. The summed E-state index contributed by atoms with van der Waals surface area (Å²) in [7, 11) is 3.74. The maximum Gasteiger partial charge on any atom is 0.410 e. The van der Waals surface area contributed by atoms with Crippen LogP contribution in [0.1, 0.15) is 101 Å². The number of aryl methyl sites for hydroxylation is 1. The van der Waals surface area contributed by atoms with Gasteiger partial charge in [0.2, 0.25) is 5.91 Å². The number of anilines is 1. The highest BCUT2D eigenvalue weighted by atomic mass is 16.6. The van der Waals surface area contributed by atoms with Crippen molar-refractivity contribution >= 4 is 40.5 Å². The second-order valence-electron chi connectivity index (χ2n) is 21.9. The van der Waals surface area contributed by atoms with Crippen LogP contribution in [0.15, 0.2) is 79.0 Å². The SMILES string of the molecule is CCn1c(-c2cc(N3CCN(C)CC3)cnc2C(C)C)c2c3cc(ccc31)-c1cc(O)cc(c1)C[C@H](NC(=O)[C@H](C1CCCC1)N(C)C(=O)OCc1ccccc1)C(=O)N1CCC[C@H](N1)C(=O)OCC(C)(C)C2. The number of pyridine rings is 1. The molecule has 3 aliphatic heterocycles. The number of cyclic esters (lactones) is 1. The summed E-state index contributed by atoms with van der Waals surface area (Å²) in [5.74, 6) is -1.36. The molecule has 5 aromatic rings. The van der Waals surface area contributed by atoms with Gasteiger partial charge in [-0.2, -0.15) is 0 Å². The fourth-order valence-electron chi connectivity index (χ4n) is 11.5. The Kier molecular flexibility index (Phi) is 15.5. The van der Waals surface area contributed by atoms with Crippen molar-refractivity contribution in [2.45, 2.75) is 123 Å². The maximum atomic E-state index is 14.9. The van der Waals surface area contributed by atoms with Crippen molar-refractivity contribution in [3.63, 3.8) is 0 Å². The quantitative estimate of drug-likeness (QED) is 0.115. The number of likely N-dealkylation sites (N-methyl/N-ethyl adjacent to an activating group) is 2. The Morgan fingerprint density at radius 3 is 2.42 bits per heavy atom. The number of nitrogens with one attached hydrogen (secondary N) is 2. The van der Waals surface area contributed by atoms with Gasteiger partial charge in [-0.3, -0.25) is 29.3 Å². The summed E-state index contributed by atoms with van der Waals surface area (Å²) in [6, 6.07) is 20.6. The first-order valence-corrected chi connectivity index (χ1v) is 26.5. The molecule has 9 rings (SSSR count). The van der Waals surface area contributed by atoms with Crippen LogP contribution in [0.25, 0.3) is 33.3 Å². The monoisotopic (exact) mass is 995 g/mol. The fourth-order valence-corrected chi connectivity index (χ4v) is 11.5. The average molecular weight is 995 g/mol. The van der Waals surface area contributed by atoms with E-state index in [4.69, 9.17) is 14.5 Å². The molecule has 0 radical (unpaired) electrons. The predicted octanol–water partition coefficient (Wildman–Crippen LogP) is 8.45. The van der Waals surface area contributed by atoms with E-state index in [1.165, 1.54) is 9.91 Å². The Hall–Kier alpha value is -6.45. The van der Waals surface area contributed by atoms with Gasteiger partial charge in [0, 0.05) is 74.6 Å². The molecule has 3 amide bonds. The summed E-state index contributed by atoms with van der Waals surface area (Å²) >= 11 is 0. The molecule has 6 bridgehead atoms. The van der Waals surface area contributed by atoms with Gasteiger partial charge in [0.15, 0.2) is 0 Å². The minimum absolute atomic E-state index is 0.0182. The number of amides is 3. The van der Waals surface area contributed by atoms with Gasteiger partial charge in [-0.1, -0.05) is 83.0 Å². The summed E-state index contributed by atoms with van der Waals surface area (Å²) in [5, 5.41) is 17.1. The molecule has 73 heavy (non-hydrogen) atoms. The summed E-state index contributed by atoms with van der Waals surface area (Å²) in [4.78, 5) is 68.9. The van der Waals surface area contributed by atoms with Gasteiger partial charge in [0.05, 0.1) is 29.9 Å². The van der Waals surface area contributed by atoms with Crippen LogP contribution in [0, 0.1) is 11.3 Å². The molecule has 3 fully saturated rings. The van der Waals surface area contributed by atoms with Crippen LogP contribution in [0.3, 0.4) is 0 Å². The van der Waals surface area contributed by atoms with E-state index in [0.29, 0.717) is 37.9 Å². The number of aromatic hydroxyl groups is 1. The number of nitrogens with zero attached hydrogens (tertiary/aromatic N) is 6. The Morgan fingerprint density at radius 1 is 0.945 bits per heavy atom. The van der Waals surface area contributed by atoms with Gasteiger partial charge in [0.25, 0.3) is 5.91 Å². The van der Waals surface area contributed by atoms with Crippen LogP contribution in [-0.2, 0) is 49.9 Å². The molecule has 0 spiro atoms. The molecule has 1 aliphatic carbocycles. The molecule has 2 saturated heterocycles. The lowest BCUT2D eigenvalue weighted by Crippen LogP contribution is -2.62. The third kappa shape index (κ3) is 11.4. The van der Waals surface area contributed by atoms with E-state index in [9.17, 15) is 24.3 Å². The minimum atomic E-state index is -1.14. The van der Waals surface area contributed by atoms with Crippen molar-refractivity contribution in [2.24, 2.45) is 11.3 Å². The van der Waals surface area contributed by atoms with Crippen molar-refractivity contribution in [1.82, 2.24) is 35.1 Å². The number of phenols is 1. The first kappa shape index (κ1) is 51.5. The largest absolute Gasteiger partial charge is 0.508 e. The molecule has 5 heterocycles. The van der Waals surface area contributed by atoms with Crippen molar-refractivity contribution in [2.75, 3.05) is 58.3 Å². The van der Waals surface area contributed by atoms with Gasteiger partial charge in [0.1, 0.15) is 30.5 Å². The number of piperazine rings is 1. The van der Waals surface area contributed by atoms with E-state index in [-0.39, 0.29) is 37.2 Å². The summed E-state index contributed by atoms with van der Waals surface area (Å²) in [5.41, 5.74) is 12.2. The highest BCUT2D eigenvalue weighted by Crippen LogP contribution is 2.43. The van der Waals surface area contributed by atoms with Crippen LogP contribution >= 0.6 is 0 Å². The van der Waals surface area contributed by atoms with Crippen LogP contribution in [0.2, 0.25) is 0 Å². The van der Waals surface area contributed by atoms with Crippen molar-refractivity contribution in [1.29, 1.82) is 0 Å². The second-order valence-corrected chi connectivity index (χ2v) is 21.9. The Balaban J connectivity index is 1.12. The Labute approximate surface area is 430 Å². The van der Waals surface area contributed by atoms with Gasteiger partial charge in [-0.25, -0.2) is 10.2 Å². The van der Waals surface area contributed by atoms with Crippen molar-refractivity contribution in [3.8, 4) is 28.1 Å². The molecule has 3 N–H and O–H groups in total. The number of fused-ring (bicyclic) bond motifs is 6. The summed E-state index contributed by atoms with van der Waals surface area (Å²) in [6.45, 7) is 15.8. The number of aromatic nitrogens is 2. The Morgan fingerprint density at radius 2 is 1.70 bits per heavy atom. The van der Waals surface area contributed by atoms with Crippen LogP contribution in [-0.4, -0.2) is 125 Å². The molecule has 1 saturated carbocycles. The molecular weight excluding hydrogens is 921 g/mol. The van der Waals surface area contributed by atoms with E-state index < -0.39 is 47.4 Å². The van der Waals surface area contributed by atoms with Gasteiger partial charge in [-0.15, -0.1) is 0 Å². The lowest BCUT2D eigenvalue weighted by molar-refractivity contribution is -0.155. The number of rotatable bonds is 10. The lowest BCUT2D eigenvalue weighted by atomic mass is 9.83. The molecule has 0 unspecified atom stereocenters. The maximum absolute atomic E-state index is 14.9. The summed E-state index contributed by atoms with van der Waals surface area (Å²) < 4.78 is 14.3. The van der Waals surface area contributed by atoms with E-state index in [2.05, 4.69) is 91.0 Å². The molecule has 15 nitrogen and oxygen atoms in total. The summed E-state index contributed by atoms with van der Waals surface area (Å²) in [6.07, 6.45) is 6.29. The lowest BCUT2D eigenvalue weighted by Gasteiger charge is -2.37. The zero-order valence-electron chi connectivity index (χ0n) is 43.8. The van der Waals surface area contributed by atoms with Crippen molar-refractivity contribution in [3.05, 3.63) is 101 Å². The standard InChI is InChI=1S/C58H74N8O7/c1-8-65-50-21-20-41-31-45(50)47(53(65)46-32-43(34-59-51(46)37(2)3)64-25-23-62(6)24-26-64)33-58(4,5)36-73-56(70)48-19-14-22-66(61-48)55(69)49(29-39-27-42(41)30-44(67)28-39)60-54(68)52(40-17-12-13-18-40)63(7)57(71)72-35-38-15-10-9-11-16-38/h9-11,15-16,20-21,27-28,30-32,34,37,40,48-49,52,61,67H,8,12-14,17-19,22-26,29,33,35-36H2,1-7H3,(H,60,68)/t48-,49-,52-/m0/s1. The van der Waals surface area contributed by atoms with Gasteiger partial charge in [-0.05, 0) is 116 Å². The minimum Gasteiger partial charge on any atom is -0.508 e. The number of hydrogen-bond acceptors (Lipinski definition) is 11. The third-order valence-corrected chi connectivity index (χ3v) is 15.4. The number of benzene rings is 3. The first-order chi connectivity index (χ1) is 35.1. The molecule has 4 aliphatic rings. The van der Waals surface area contributed by atoms with Gasteiger partial charge >= 0.3 is 12.1 Å². The number of hydrazine groups is 1. The number of hydrogen-bond donors (Lipinski definition) is 3. The van der Waals surface area contributed by atoms with E-state index in [1.807, 2.05) is 42.6 Å². The fraction of sp³-hybridized carbons (Fsp3) is 0.500. The number of carbonyl (C=O) groups excluding carboxylic acids is 4. The first-order valence-electron chi connectivity index (χ1n) is 26.5. The molecule has 3 aromatic carbocycles. The Bertz CT molecular complexity index is 2810. The number of ether oxygens (including phenoxy) is 2. The highest BCUT2D eigenvalue weighted by Gasteiger charge is 2.41. The highest BCUT2D eigenvalue weighted by molar-refractivity contribution is 5.96. The van der Waals surface area contributed by atoms with Crippen LogP contribution in [0.4, 0.5) is 10.5 Å². The normalized spacial score (nSPS) is 20.4.